The van der Waals surface area contributed by atoms with Gasteiger partial charge in [0.15, 0.2) is 0 Å². The van der Waals surface area contributed by atoms with Crippen LogP contribution < -0.4 is 5.01 Å². The van der Waals surface area contributed by atoms with Crippen molar-refractivity contribution in [1.29, 1.82) is 0 Å². The summed E-state index contributed by atoms with van der Waals surface area (Å²) in [6.45, 7) is 1.95. The first-order valence-corrected chi connectivity index (χ1v) is 10.2. The van der Waals surface area contributed by atoms with E-state index in [0.29, 0.717) is 5.02 Å². The van der Waals surface area contributed by atoms with Crippen LogP contribution in [0.4, 0.5) is 15.2 Å². The number of nitrogens with zero attached hydrogens (tertiary/aromatic N) is 3. The largest absolute Gasteiger partial charge is 0.218 e. The number of para-hydroxylation sites is 1. The Hall–Kier alpha value is -2.54. The van der Waals surface area contributed by atoms with Crippen LogP contribution >= 0.6 is 39.9 Å². The lowest BCUT2D eigenvalue weighted by Crippen LogP contribution is -2.12. The topological polar surface area (TPSA) is 28.5 Å². The van der Waals surface area contributed by atoms with Crippen LogP contribution in [0.1, 0.15) is 12.5 Å². The monoisotopic (exact) mass is 501 g/mol. The van der Waals surface area contributed by atoms with Crippen LogP contribution in [-0.4, -0.2) is 10.7 Å². The van der Waals surface area contributed by atoms with Crippen LogP contribution in [0, 0.1) is 5.82 Å². The average Bonchev–Trinajstić information content (AvgIpc) is 3.23. The molecule has 1 aromatic heterocycles. The highest BCUT2D eigenvalue weighted by molar-refractivity contribution is 8.93. The molecule has 0 N–H and O–H groups in total. The van der Waals surface area contributed by atoms with Crippen LogP contribution in [0.5, 0.6) is 0 Å². The first-order chi connectivity index (χ1) is 14.1. The number of benzene rings is 3. The van der Waals surface area contributed by atoms with Crippen molar-refractivity contribution in [1.82, 2.24) is 4.98 Å². The van der Waals surface area contributed by atoms with E-state index in [2.05, 4.69) is 0 Å². The van der Waals surface area contributed by atoms with E-state index in [-0.39, 0.29) is 22.8 Å². The first-order valence-electron chi connectivity index (χ1n) is 8.98. The zero-order valence-corrected chi connectivity index (χ0v) is 19.3. The molecule has 3 aromatic carbocycles. The third-order valence-electron chi connectivity index (χ3n) is 4.33. The van der Waals surface area contributed by atoms with Gasteiger partial charge in [-0.3, -0.25) is 0 Å². The molecule has 152 valence electrons. The van der Waals surface area contributed by atoms with Crippen LogP contribution in [0.2, 0.25) is 5.02 Å². The third kappa shape index (κ3) is 5.14. The Kier molecular flexibility index (Phi) is 7.37. The molecule has 0 aliphatic heterocycles. The van der Waals surface area contributed by atoms with Gasteiger partial charge >= 0.3 is 0 Å². The predicted molar refractivity (Wildman–Crippen MR) is 130 cm³/mol. The highest BCUT2D eigenvalue weighted by atomic mass is 79.9. The van der Waals surface area contributed by atoms with Crippen molar-refractivity contribution in [3.05, 3.63) is 101 Å². The van der Waals surface area contributed by atoms with Gasteiger partial charge in [0.2, 0.25) is 5.13 Å². The molecule has 3 nitrogen and oxygen atoms in total. The second-order valence-corrected chi connectivity index (χ2v) is 7.63. The molecule has 7 heteroatoms. The van der Waals surface area contributed by atoms with Crippen molar-refractivity contribution in [2.45, 2.75) is 6.92 Å². The smallest absolute Gasteiger partial charge is 0.211 e. The molecule has 0 saturated heterocycles. The Morgan fingerprint density at radius 3 is 2.30 bits per heavy atom. The number of aromatic nitrogens is 1. The summed E-state index contributed by atoms with van der Waals surface area (Å²) in [6.07, 6.45) is 0. The Labute approximate surface area is 194 Å². The van der Waals surface area contributed by atoms with Crippen LogP contribution in [-0.2, 0) is 0 Å². The lowest BCUT2D eigenvalue weighted by atomic mass is 10.1. The SMILES string of the molecule is Br.C/C(=N\N(c1ccccc1)c1nc(-c2ccc(F)cc2)cs1)c1ccc(Cl)cc1. The number of hydrogen-bond donors (Lipinski definition) is 0. The summed E-state index contributed by atoms with van der Waals surface area (Å²) >= 11 is 7.49. The zero-order chi connectivity index (χ0) is 20.2. The molecule has 1 heterocycles. The molecule has 0 unspecified atom stereocenters. The molecule has 0 aliphatic rings. The number of hydrogen-bond acceptors (Lipinski definition) is 4. The fraction of sp³-hybridized carbons (Fsp3) is 0.0435. The van der Waals surface area contributed by atoms with E-state index in [0.717, 1.165) is 33.4 Å². The van der Waals surface area contributed by atoms with Crippen LogP contribution in [0.15, 0.2) is 89.3 Å². The standard InChI is InChI=1S/C23H17ClFN3S.BrH/c1-16(17-7-11-19(24)12-8-17)27-28(21-5-3-2-4-6-21)23-26-22(15-29-23)18-9-13-20(25)14-10-18;/h2-15H,1H3;1H/b27-16+;. The normalized spacial score (nSPS) is 11.1. The summed E-state index contributed by atoms with van der Waals surface area (Å²) in [5.41, 5.74) is 4.36. The summed E-state index contributed by atoms with van der Waals surface area (Å²) in [4.78, 5) is 4.74. The van der Waals surface area contributed by atoms with Gasteiger partial charge in [-0.1, -0.05) is 41.9 Å². The van der Waals surface area contributed by atoms with E-state index in [1.165, 1.54) is 23.5 Å². The van der Waals surface area contributed by atoms with Gasteiger partial charge in [-0.15, -0.1) is 28.3 Å². The molecule has 0 radical (unpaired) electrons. The molecule has 0 spiro atoms. The van der Waals surface area contributed by atoms with Gasteiger partial charge < -0.3 is 0 Å². The second kappa shape index (κ2) is 9.98. The molecule has 4 aromatic rings. The predicted octanol–water partition coefficient (Wildman–Crippen LogP) is 7.74. The maximum atomic E-state index is 13.2. The average molecular weight is 503 g/mol. The molecule has 0 saturated carbocycles. The van der Waals surface area contributed by atoms with Crippen molar-refractivity contribution in [3.8, 4) is 11.3 Å². The zero-order valence-electron chi connectivity index (χ0n) is 16.0. The molecule has 0 aliphatic carbocycles. The molecule has 0 amide bonds. The Morgan fingerprint density at radius 2 is 1.63 bits per heavy atom. The number of thiazole rings is 1. The molecule has 0 bridgehead atoms. The molecular weight excluding hydrogens is 485 g/mol. The van der Waals surface area contributed by atoms with E-state index in [1.54, 1.807) is 12.1 Å². The van der Waals surface area contributed by atoms with Crippen molar-refractivity contribution in [2.75, 3.05) is 5.01 Å². The minimum atomic E-state index is -0.265. The van der Waals surface area contributed by atoms with Crippen molar-refractivity contribution >= 4 is 56.4 Å². The van der Waals surface area contributed by atoms with Crippen molar-refractivity contribution in [3.63, 3.8) is 0 Å². The van der Waals surface area contributed by atoms with E-state index in [4.69, 9.17) is 21.7 Å². The Morgan fingerprint density at radius 1 is 0.967 bits per heavy atom. The van der Waals surface area contributed by atoms with Gasteiger partial charge in [-0.25, -0.2) is 14.4 Å². The summed E-state index contributed by atoms with van der Waals surface area (Å²) < 4.78 is 13.2. The summed E-state index contributed by atoms with van der Waals surface area (Å²) in [6, 6.07) is 23.8. The number of hydrazone groups is 1. The van der Waals surface area contributed by atoms with E-state index >= 15 is 0 Å². The quantitative estimate of drug-likeness (QED) is 0.206. The maximum Gasteiger partial charge on any atom is 0.211 e. The molecule has 30 heavy (non-hydrogen) atoms. The molecule has 0 atom stereocenters. The van der Waals surface area contributed by atoms with Crippen LogP contribution in [0.25, 0.3) is 11.3 Å². The lowest BCUT2D eigenvalue weighted by Gasteiger charge is -2.17. The van der Waals surface area contributed by atoms with Crippen molar-refractivity contribution in [2.24, 2.45) is 5.10 Å². The maximum absolute atomic E-state index is 13.2. The number of rotatable bonds is 5. The first kappa shape index (κ1) is 22.2. The fourth-order valence-corrected chi connectivity index (χ4v) is 3.72. The number of halogens is 3. The van der Waals surface area contributed by atoms with E-state index in [9.17, 15) is 4.39 Å². The molecular formula is C23H18BrClFN3S. The third-order valence-corrected chi connectivity index (χ3v) is 5.39. The van der Waals surface area contributed by atoms with E-state index < -0.39 is 0 Å². The van der Waals surface area contributed by atoms with Crippen LogP contribution in [0.3, 0.4) is 0 Å². The number of anilines is 2. The Bertz CT molecular complexity index is 1130. The summed E-state index contributed by atoms with van der Waals surface area (Å²) in [7, 11) is 0. The highest BCUT2D eigenvalue weighted by Gasteiger charge is 2.15. The van der Waals surface area contributed by atoms with E-state index in [1.807, 2.05) is 71.9 Å². The van der Waals surface area contributed by atoms with Gasteiger partial charge in [0, 0.05) is 16.0 Å². The van der Waals surface area contributed by atoms with Gasteiger partial charge in [0.25, 0.3) is 0 Å². The van der Waals surface area contributed by atoms with Crippen molar-refractivity contribution < 1.29 is 4.39 Å². The summed E-state index contributed by atoms with van der Waals surface area (Å²) in [5, 5.41) is 10.0. The van der Waals surface area contributed by atoms with Gasteiger partial charge in [-0.05, 0) is 61.0 Å². The second-order valence-electron chi connectivity index (χ2n) is 6.36. The van der Waals surface area contributed by atoms with Gasteiger partial charge in [0.05, 0.1) is 17.1 Å². The highest BCUT2D eigenvalue weighted by Crippen LogP contribution is 2.32. The molecule has 4 rings (SSSR count). The minimum Gasteiger partial charge on any atom is -0.218 e. The minimum absolute atomic E-state index is 0. The van der Waals surface area contributed by atoms with Gasteiger partial charge in [-0.2, -0.15) is 5.10 Å². The summed E-state index contributed by atoms with van der Waals surface area (Å²) in [5.74, 6) is -0.265. The fourth-order valence-electron chi connectivity index (χ4n) is 2.79. The Balaban J connectivity index is 0.00000256. The van der Waals surface area contributed by atoms with Gasteiger partial charge in [0.1, 0.15) is 5.82 Å². The molecule has 0 fully saturated rings. The lowest BCUT2D eigenvalue weighted by molar-refractivity contribution is 0.628.